The highest BCUT2D eigenvalue weighted by Gasteiger charge is 2.32. The number of para-hydroxylation sites is 1. The molecule has 0 radical (unpaired) electrons. The maximum atomic E-state index is 12.6. The van der Waals surface area contributed by atoms with E-state index in [0.29, 0.717) is 4.47 Å². The predicted molar refractivity (Wildman–Crippen MR) is 71.4 cm³/mol. The largest absolute Gasteiger partial charge is 0.433 e. The van der Waals surface area contributed by atoms with Gasteiger partial charge in [0.2, 0.25) is 0 Å². The van der Waals surface area contributed by atoms with Gasteiger partial charge in [-0.2, -0.15) is 13.2 Å². The third-order valence-electron chi connectivity index (χ3n) is 2.53. The number of alkyl halides is 3. The van der Waals surface area contributed by atoms with Crippen LogP contribution in [0, 0.1) is 6.92 Å². The monoisotopic (exact) mass is 330 g/mol. The minimum Gasteiger partial charge on any atom is -0.339 e. The van der Waals surface area contributed by atoms with Crippen LogP contribution in [0.15, 0.2) is 40.9 Å². The standard InChI is InChI=1S/C13H10BrF3N2/c1-8-4-2-3-5-10(8)18-12-9(14)6-7-11(19-12)13(15,16)17/h2-7H,1H3,(H,18,19). The number of aryl methyl sites for hydroxylation is 1. The Morgan fingerprint density at radius 1 is 1.11 bits per heavy atom. The van der Waals surface area contributed by atoms with E-state index in [9.17, 15) is 13.2 Å². The van der Waals surface area contributed by atoms with E-state index in [2.05, 4.69) is 26.2 Å². The molecule has 0 fully saturated rings. The van der Waals surface area contributed by atoms with Crippen molar-refractivity contribution in [1.82, 2.24) is 4.98 Å². The lowest BCUT2D eigenvalue weighted by Gasteiger charge is -2.12. The van der Waals surface area contributed by atoms with Crippen LogP contribution in [0.2, 0.25) is 0 Å². The van der Waals surface area contributed by atoms with Gasteiger partial charge in [0.05, 0.1) is 4.47 Å². The van der Waals surface area contributed by atoms with Crippen LogP contribution >= 0.6 is 15.9 Å². The zero-order valence-electron chi connectivity index (χ0n) is 9.92. The first-order valence-corrected chi connectivity index (χ1v) is 6.23. The summed E-state index contributed by atoms with van der Waals surface area (Å²) in [5.41, 5.74) is 0.718. The number of benzene rings is 1. The SMILES string of the molecule is Cc1ccccc1Nc1nc(C(F)(F)F)ccc1Br. The summed E-state index contributed by atoms with van der Waals surface area (Å²) in [5, 5.41) is 2.89. The van der Waals surface area contributed by atoms with Gasteiger partial charge in [0, 0.05) is 5.69 Å². The topological polar surface area (TPSA) is 24.9 Å². The lowest BCUT2D eigenvalue weighted by atomic mass is 10.2. The molecule has 1 N–H and O–H groups in total. The van der Waals surface area contributed by atoms with Gasteiger partial charge in [-0.15, -0.1) is 0 Å². The minimum atomic E-state index is -4.46. The molecule has 2 aromatic rings. The Hall–Kier alpha value is -1.56. The molecule has 100 valence electrons. The second kappa shape index (κ2) is 5.21. The third kappa shape index (κ3) is 3.26. The molecule has 0 aliphatic carbocycles. The van der Waals surface area contributed by atoms with Crippen molar-refractivity contribution in [3.63, 3.8) is 0 Å². The Bertz CT molecular complexity index is 597. The summed E-state index contributed by atoms with van der Waals surface area (Å²) in [4.78, 5) is 3.60. The van der Waals surface area contributed by atoms with Crippen molar-refractivity contribution in [3.05, 3.63) is 52.1 Å². The molecule has 2 nitrogen and oxygen atoms in total. The number of rotatable bonds is 2. The average molecular weight is 331 g/mol. The Morgan fingerprint density at radius 2 is 1.79 bits per heavy atom. The van der Waals surface area contributed by atoms with Gasteiger partial charge < -0.3 is 5.32 Å². The Balaban J connectivity index is 2.38. The number of nitrogens with one attached hydrogen (secondary N) is 1. The van der Waals surface area contributed by atoms with Crippen molar-refractivity contribution in [2.45, 2.75) is 13.1 Å². The van der Waals surface area contributed by atoms with Crippen molar-refractivity contribution in [2.75, 3.05) is 5.32 Å². The summed E-state index contributed by atoms with van der Waals surface area (Å²) < 4.78 is 38.3. The summed E-state index contributed by atoms with van der Waals surface area (Å²) in [7, 11) is 0. The molecular formula is C13H10BrF3N2. The molecule has 0 atom stereocenters. The normalized spacial score (nSPS) is 11.4. The molecule has 0 saturated carbocycles. The zero-order valence-corrected chi connectivity index (χ0v) is 11.5. The third-order valence-corrected chi connectivity index (χ3v) is 3.17. The molecule has 0 unspecified atom stereocenters. The summed E-state index contributed by atoms with van der Waals surface area (Å²) in [5.74, 6) is 0.143. The number of pyridine rings is 1. The lowest BCUT2D eigenvalue weighted by molar-refractivity contribution is -0.141. The zero-order chi connectivity index (χ0) is 14.0. The highest BCUT2D eigenvalue weighted by Crippen LogP contribution is 2.32. The summed E-state index contributed by atoms with van der Waals surface area (Å²) >= 11 is 3.19. The molecule has 1 aromatic heterocycles. The van der Waals surface area contributed by atoms with Gasteiger partial charge in [0.1, 0.15) is 11.5 Å². The van der Waals surface area contributed by atoms with E-state index in [4.69, 9.17) is 0 Å². The molecule has 0 aliphatic heterocycles. The summed E-state index contributed by atoms with van der Waals surface area (Å²) in [6.45, 7) is 1.86. The fourth-order valence-corrected chi connectivity index (χ4v) is 1.85. The molecule has 0 spiro atoms. The molecule has 6 heteroatoms. The maximum Gasteiger partial charge on any atom is 0.433 e. The molecule has 1 aromatic carbocycles. The molecule has 2 rings (SSSR count). The van der Waals surface area contributed by atoms with Crippen molar-refractivity contribution < 1.29 is 13.2 Å². The quantitative estimate of drug-likeness (QED) is 0.845. The van der Waals surface area contributed by atoms with Crippen molar-refractivity contribution in [2.24, 2.45) is 0 Å². The van der Waals surface area contributed by atoms with Gasteiger partial charge >= 0.3 is 6.18 Å². The maximum absolute atomic E-state index is 12.6. The lowest BCUT2D eigenvalue weighted by Crippen LogP contribution is -2.09. The summed E-state index contributed by atoms with van der Waals surface area (Å²) in [6, 6.07) is 9.57. The van der Waals surface area contributed by atoms with Crippen molar-refractivity contribution >= 4 is 27.4 Å². The van der Waals surface area contributed by atoms with E-state index in [-0.39, 0.29) is 5.82 Å². The second-order valence-corrected chi connectivity index (χ2v) is 4.82. The van der Waals surface area contributed by atoms with Gasteiger partial charge in [-0.3, -0.25) is 0 Å². The van der Waals surface area contributed by atoms with E-state index < -0.39 is 11.9 Å². The smallest absolute Gasteiger partial charge is 0.339 e. The fourth-order valence-electron chi connectivity index (χ4n) is 1.53. The number of hydrogen-bond acceptors (Lipinski definition) is 2. The first-order valence-electron chi connectivity index (χ1n) is 5.44. The molecule has 0 amide bonds. The van der Waals surface area contributed by atoms with Crippen LogP contribution < -0.4 is 5.32 Å². The van der Waals surface area contributed by atoms with Gasteiger partial charge in [-0.1, -0.05) is 18.2 Å². The number of hydrogen-bond donors (Lipinski definition) is 1. The summed E-state index contributed by atoms with van der Waals surface area (Å²) in [6.07, 6.45) is -4.46. The number of halogens is 4. The van der Waals surface area contributed by atoms with E-state index in [1.165, 1.54) is 6.07 Å². The molecule has 1 heterocycles. The minimum absolute atomic E-state index is 0.143. The second-order valence-electron chi connectivity index (χ2n) is 3.96. The van der Waals surface area contributed by atoms with Crippen LogP contribution in [0.5, 0.6) is 0 Å². The molecule has 0 bridgehead atoms. The van der Waals surface area contributed by atoms with Crippen LogP contribution in [0.3, 0.4) is 0 Å². The van der Waals surface area contributed by atoms with E-state index in [1.807, 2.05) is 19.1 Å². The molecule has 0 aliphatic rings. The molecular weight excluding hydrogens is 321 g/mol. The highest BCUT2D eigenvalue weighted by atomic mass is 79.9. The first kappa shape index (κ1) is 13.9. The van der Waals surface area contributed by atoms with Gasteiger partial charge in [-0.25, -0.2) is 4.98 Å². The van der Waals surface area contributed by atoms with Crippen LogP contribution in [-0.4, -0.2) is 4.98 Å². The Labute approximate surface area is 116 Å². The molecule has 0 saturated heterocycles. The van der Waals surface area contributed by atoms with Gasteiger partial charge in [0.25, 0.3) is 0 Å². The van der Waals surface area contributed by atoms with Crippen LogP contribution in [0.4, 0.5) is 24.7 Å². The number of aromatic nitrogens is 1. The van der Waals surface area contributed by atoms with E-state index in [1.54, 1.807) is 12.1 Å². The number of nitrogens with zero attached hydrogens (tertiary/aromatic N) is 1. The Kier molecular flexibility index (Phi) is 3.80. The Morgan fingerprint density at radius 3 is 2.42 bits per heavy atom. The first-order chi connectivity index (χ1) is 8.88. The van der Waals surface area contributed by atoms with Crippen molar-refractivity contribution in [1.29, 1.82) is 0 Å². The highest BCUT2D eigenvalue weighted by molar-refractivity contribution is 9.10. The van der Waals surface area contributed by atoms with Crippen LogP contribution in [0.1, 0.15) is 11.3 Å². The van der Waals surface area contributed by atoms with Crippen LogP contribution in [-0.2, 0) is 6.18 Å². The van der Waals surface area contributed by atoms with E-state index >= 15 is 0 Å². The predicted octanol–water partition coefficient (Wildman–Crippen LogP) is 4.91. The van der Waals surface area contributed by atoms with Gasteiger partial charge in [0.15, 0.2) is 0 Å². The van der Waals surface area contributed by atoms with Gasteiger partial charge in [-0.05, 0) is 46.6 Å². The van der Waals surface area contributed by atoms with Crippen LogP contribution in [0.25, 0.3) is 0 Å². The fraction of sp³-hybridized carbons (Fsp3) is 0.154. The van der Waals surface area contributed by atoms with E-state index in [0.717, 1.165) is 17.3 Å². The van der Waals surface area contributed by atoms with Crippen molar-refractivity contribution in [3.8, 4) is 0 Å². The number of anilines is 2. The molecule has 19 heavy (non-hydrogen) atoms. The average Bonchev–Trinajstić information content (AvgIpc) is 2.33.